The van der Waals surface area contributed by atoms with Crippen molar-refractivity contribution in [1.29, 1.82) is 0 Å². The molecular formula is C10H22N2O2. The van der Waals surface area contributed by atoms with E-state index in [1.165, 1.54) is 0 Å². The quantitative estimate of drug-likeness (QED) is 0.640. The largest absolute Gasteiger partial charge is 0.389 e. The number of β-amino-alcohol motifs (C(OH)–C–C–N with tert-alkyl or cyclic N) is 1. The van der Waals surface area contributed by atoms with Crippen molar-refractivity contribution >= 4 is 0 Å². The maximum absolute atomic E-state index is 9.59. The average molecular weight is 202 g/mol. The van der Waals surface area contributed by atoms with Crippen LogP contribution < -0.4 is 5.73 Å². The number of nitrogens with two attached hydrogens (primary N) is 1. The lowest BCUT2D eigenvalue weighted by Crippen LogP contribution is -2.37. The summed E-state index contributed by atoms with van der Waals surface area (Å²) in [6.45, 7) is 5.07. The highest BCUT2D eigenvalue weighted by atomic mass is 16.5. The monoisotopic (exact) mass is 202 g/mol. The van der Waals surface area contributed by atoms with E-state index in [1.807, 2.05) is 0 Å². The van der Waals surface area contributed by atoms with Crippen molar-refractivity contribution < 1.29 is 9.84 Å². The van der Waals surface area contributed by atoms with E-state index in [2.05, 4.69) is 11.8 Å². The van der Waals surface area contributed by atoms with Crippen LogP contribution in [0.2, 0.25) is 0 Å². The molecule has 3 unspecified atom stereocenters. The summed E-state index contributed by atoms with van der Waals surface area (Å²) in [5, 5.41) is 9.59. The van der Waals surface area contributed by atoms with Crippen LogP contribution in [0.1, 0.15) is 13.3 Å². The van der Waals surface area contributed by atoms with E-state index in [0.29, 0.717) is 25.1 Å². The highest BCUT2D eigenvalue weighted by Gasteiger charge is 2.28. The number of methoxy groups -OCH3 is 1. The summed E-state index contributed by atoms with van der Waals surface area (Å²) in [4.78, 5) is 2.29. The van der Waals surface area contributed by atoms with Gasteiger partial charge in [0, 0.05) is 26.2 Å². The van der Waals surface area contributed by atoms with Gasteiger partial charge in [0.25, 0.3) is 0 Å². The second kappa shape index (κ2) is 5.66. The van der Waals surface area contributed by atoms with Gasteiger partial charge in [-0.1, -0.05) is 0 Å². The van der Waals surface area contributed by atoms with E-state index < -0.39 is 0 Å². The van der Waals surface area contributed by atoms with E-state index in [4.69, 9.17) is 10.5 Å². The minimum atomic E-state index is -0.376. The fourth-order valence-corrected chi connectivity index (χ4v) is 2.16. The molecule has 1 rings (SSSR count). The molecule has 4 nitrogen and oxygen atoms in total. The second-order valence-electron chi connectivity index (χ2n) is 4.25. The average Bonchev–Trinajstić information content (AvgIpc) is 2.48. The molecule has 84 valence electrons. The molecule has 0 amide bonds. The lowest BCUT2D eigenvalue weighted by molar-refractivity contribution is 0.0357. The fraction of sp³-hybridized carbons (Fsp3) is 1.00. The molecule has 0 aliphatic carbocycles. The third-order valence-corrected chi connectivity index (χ3v) is 2.93. The van der Waals surface area contributed by atoms with Crippen molar-refractivity contribution in [2.45, 2.75) is 25.5 Å². The predicted octanol–water partition coefficient (Wildman–Crippen LogP) is -0.337. The summed E-state index contributed by atoms with van der Waals surface area (Å²) in [5.41, 5.74) is 5.63. The number of likely N-dealkylation sites (tertiary alicyclic amines) is 1. The molecule has 0 aromatic heterocycles. The van der Waals surface area contributed by atoms with Gasteiger partial charge in [-0.15, -0.1) is 0 Å². The van der Waals surface area contributed by atoms with Crippen molar-refractivity contribution in [3.63, 3.8) is 0 Å². The van der Waals surface area contributed by atoms with Crippen LogP contribution in [0.5, 0.6) is 0 Å². The Labute approximate surface area is 86.0 Å². The van der Waals surface area contributed by atoms with Crippen molar-refractivity contribution in [3.8, 4) is 0 Å². The number of nitrogens with zero attached hydrogens (tertiary/aromatic N) is 1. The molecule has 1 heterocycles. The van der Waals surface area contributed by atoms with Gasteiger partial charge >= 0.3 is 0 Å². The van der Waals surface area contributed by atoms with E-state index in [1.54, 1.807) is 7.11 Å². The SMILES string of the molecule is COCC(O)CN1CC(CN)CC1C. The van der Waals surface area contributed by atoms with E-state index >= 15 is 0 Å². The predicted molar refractivity (Wildman–Crippen MR) is 56.1 cm³/mol. The molecule has 0 bridgehead atoms. The van der Waals surface area contributed by atoms with Gasteiger partial charge in [-0.2, -0.15) is 0 Å². The van der Waals surface area contributed by atoms with Crippen molar-refractivity contribution in [3.05, 3.63) is 0 Å². The summed E-state index contributed by atoms with van der Waals surface area (Å²) in [6.07, 6.45) is 0.773. The second-order valence-corrected chi connectivity index (χ2v) is 4.25. The summed E-state index contributed by atoms with van der Waals surface area (Å²) in [6, 6.07) is 0.537. The van der Waals surface area contributed by atoms with Gasteiger partial charge in [0.2, 0.25) is 0 Å². The van der Waals surface area contributed by atoms with Gasteiger partial charge in [0.1, 0.15) is 0 Å². The van der Waals surface area contributed by atoms with E-state index in [9.17, 15) is 5.11 Å². The van der Waals surface area contributed by atoms with Gasteiger partial charge in [0.15, 0.2) is 0 Å². The maximum atomic E-state index is 9.59. The van der Waals surface area contributed by atoms with Crippen LogP contribution in [0.4, 0.5) is 0 Å². The molecule has 0 radical (unpaired) electrons. The van der Waals surface area contributed by atoms with Crippen molar-refractivity contribution in [1.82, 2.24) is 4.90 Å². The maximum Gasteiger partial charge on any atom is 0.0900 e. The zero-order valence-electron chi connectivity index (χ0n) is 9.15. The number of hydrogen-bond acceptors (Lipinski definition) is 4. The van der Waals surface area contributed by atoms with Crippen LogP contribution in [0, 0.1) is 5.92 Å². The molecule has 1 aliphatic heterocycles. The van der Waals surface area contributed by atoms with Crippen LogP contribution in [-0.2, 0) is 4.74 Å². The molecule has 0 aromatic carbocycles. The van der Waals surface area contributed by atoms with Gasteiger partial charge < -0.3 is 15.6 Å². The number of ether oxygens (including phenoxy) is 1. The lowest BCUT2D eigenvalue weighted by Gasteiger charge is -2.23. The minimum Gasteiger partial charge on any atom is -0.389 e. The Morgan fingerprint density at radius 1 is 1.64 bits per heavy atom. The Kier molecular flexibility index (Phi) is 4.81. The molecular weight excluding hydrogens is 180 g/mol. The fourth-order valence-electron chi connectivity index (χ4n) is 2.16. The molecule has 0 saturated carbocycles. The molecule has 1 aliphatic rings. The summed E-state index contributed by atoms with van der Waals surface area (Å²) < 4.78 is 4.90. The van der Waals surface area contributed by atoms with Crippen molar-refractivity contribution in [2.24, 2.45) is 11.7 Å². The van der Waals surface area contributed by atoms with Crippen LogP contribution in [0.25, 0.3) is 0 Å². The first-order valence-electron chi connectivity index (χ1n) is 5.28. The zero-order valence-corrected chi connectivity index (χ0v) is 9.15. The van der Waals surface area contributed by atoms with Gasteiger partial charge in [0.05, 0.1) is 12.7 Å². The first kappa shape index (κ1) is 11.9. The smallest absolute Gasteiger partial charge is 0.0900 e. The van der Waals surface area contributed by atoms with Crippen LogP contribution in [-0.4, -0.2) is 55.5 Å². The Balaban J connectivity index is 2.30. The zero-order chi connectivity index (χ0) is 10.6. The Morgan fingerprint density at radius 2 is 2.36 bits per heavy atom. The molecule has 3 atom stereocenters. The van der Waals surface area contributed by atoms with Crippen LogP contribution >= 0.6 is 0 Å². The number of aliphatic hydroxyl groups is 1. The van der Waals surface area contributed by atoms with Crippen LogP contribution in [0.3, 0.4) is 0 Å². The summed E-state index contributed by atoms with van der Waals surface area (Å²) >= 11 is 0. The highest BCUT2D eigenvalue weighted by Crippen LogP contribution is 2.21. The molecule has 1 saturated heterocycles. The first-order chi connectivity index (χ1) is 6.67. The van der Waals surface area contributed by atoms with Gasteiger partial charge in [-0.25, -0.2) is 0 Å². The molecule has 1 fully saturated rings. The molecule has 0 aromatic rings. The number of rotatable bonds is 5. The Bertz CT molecular complexity index is 166. The number of aliphatic hydroxyl groups excluding tert-OH is 1. The van der Waals surface area contributed by atoms with Crippen molar-refractivity contribution in [2.75, 3.05) is 33.4 Å². The topological polar surface area (TPSA) is 58.7 Å². The number of hydrogen-bond donors (Lipinski definition) is 2. The standard InChI is InChI=1S/C10H22N2O2/c1-8-3-9(4-11)5-12(8)6-10(13)7-14-2/h8-10,13H,3-7,11H2,1-2H3. The molecule has 14 heavy (non-hydrogen) atoms. The van der Waals surface area contributed by atoms with Crippen LogP contribution in [0.15, 0.2) is 0 Å². The highest BCUT2D eigenvalue weighted by molar-refractivity contribution is 4.84. The first-order valence-corrected chi connectivity index (χ1v) is 5.28. The van der Waals surface area contributed by atoms with Gasteiger partial charge in [-0.3, -0.25) is 4.90 Å². The minimum absolute atomic E-state index is 0.376. The summed E-state index contributed by atoms with van der Waals surface area (Å²) in [7, 11) is 1.61. The molecule has 4 heteroatoms. The van der Waals surface area contributed by atoms with E-state index in [-0.39, 0.29) is 6.10 Å². The third-order valence-electron chi connectivity index (χ3n) is 2.93. The van der Waals surface area contributed by atoms with Gasteiger partial charge in [-0.05, 0) is 25.8 Å². The Morgan fingerprint density at radius 3 is 2.86 bits per heavy atom. The Hall–Kier alpha value is -0.160. The third kappa shape index (κ3) is 3.20. The van der Waals surface area contributed by atoms with E-state index in [0.717, 1.165) is 19.5 Å². The molecule has 0 spiro atoms. The molecule has 3 N–H and O–H groups in total. The lowest BCUT2D eigenvalue weighted by atomic mass is 10.1. The summed E-state index contributed by atoms with van der Waals surface area (Å²) in [5.74, 6) is 0.597. The normalized spacial score (nSPS) is 30.9.